The smallest absolute Gasteiger partial charge is 0.140 e. The van der Waals surface area contributed by atoms with E-state index < -0.39 is 4.33 Å². The van der Waals surface area contributed by atoms with Crippen molar-refractivity contribution in [3.8, 4) is 11.4 Å². The predicted molar refractivity (Wildman–Crippen MR) is 84.8 cm³/mol. The third-order valence-electron chi connectivity index (χ3n) is 2.57. The van der Waals surface area contributed by atoms with Gasteiger partial charge in [-0.2, -0.15) is 0 Å². The van der Waals surface area contributed by atoms with E-state index in [0.29, 0.717) is 6.42 Å². The quantitative estimate of drug-likeness (QED) is 0.706. The molecule has 0 bridgehead atoms. The summed E-state index contributed by atoms with van der Waals surface area (Å²) in [6.45, 7) is 0. The first kappa shape index (κ1) is 14.8. The van der Waals surface area contributed by atoms with Crippen molar-refractivity contribution in [2.45, 2.75) is 10.8 Å². The molecule has 3 rings (SSSR count). The molecule has 0 saturated heterocycles. The van der Waals surface area contributed by atoms with Gasteiger partial charge >= 0.3 is 0 Å². The lowest BCUT2D eigenvalue weighted by Crippen LogP contribution is -2.07. The summed E-state index contributed by atoms with van der Waals surface area (Å²) in [5, 5.41) is 0. The third kappa shape index (κ3) is 4.80. The Labute approximate surface area is 128 Å². The number of aromatic nitrogens is 2. The summed E-state index contributed by atoms with van der Waals surface area (Å²) >= 11 is 11.4. The second-order valence-corrected chi connectivity index (χ2v) is 5.72. The van der Waals surface area contributed by atoms with E-state index >= 15 is 0 Å². The van der Waals surface area contributed by atoms with Crippen LogP contribution in [-0.2, 0) is 0 Å². The number of hydrogen-bond acceptors (Lipinski definition) is 2. The third-order valence-corrected chi connectivity index (χ3v) is 3.13. The first-order valence-corrected chi connectivity index (χ1v) is 6.98. The van der Waals surface area contributed by atoms with E-state index in [0.717, 1.165) is 11.4 Å². The number of hydrogen-bond donors (Lipinski definition) is 0. The molecule has 0 N–H and O–H groups in total. The van der Waals surface area contributed by atoms with Crippen LogP contribution in [0.25, 0.3) is 11.4 Å². The Kier molecular flexibility index (Phi) is 5.33. The number of pyridine rings is 2. The molecule has 0 fully saturated rings. The van der Waals surface area contributed by atoms with Crippen LogP contribution in [0.1, 0.15) is 6.42 Å². The van der Waals surface area contributed by atoms with Gasteiger partial charge in [0.2, 0.25) is 0 Å². The van der Waals surface area contributed by atoms with Crippen molar-refractivity contribution in [3.05, 3.63) is 73.1 Å². The predicted octanol–water partition coefficient (Wildman–Crippen LogP) is 4.82. The Bertz CT molecular complexity index is 540. The lowest BCUT2D eigenvalue weighted by atomic mass is 10.2. The van der Waals surface area contributed by atoms with Crippen LogP contribution >= 0.6 is 23.2 Å². The molecular formula is C16H14Cl2N2. The molecule has 2 heterocycles. The summed E-state index contributed by atoms with van der Waals surface area (Å²) in [6.07, 6.45) is 11.8. The fourth-order valence-electron chi connectivity index (χ4n) is 1.60. The molecular weight excluding hydrogens is 291 g/mol. The molecule has 4 heteroatoms. The highest BCUT2D eigenvalue weighted by molar-refractivity contribution is 6.50. The second kappa shape index (κ2) is 7.22. The molecule has 2 aromatic rings. The maximum absolute atomic E-state index is 5.70. The van der Waals surface area contributed by atoms with Crippen LogP contribution in [-0.4, -0.2) is 14.3 Å². The van der Waals surface area contributed by atoms with E-state index in [1.54, 1.807) is 18.5 Å². The van der Waals surface area contributed by atoms with Gasteiger partial charge in [0.25, 0.3) is 0 Å². The zero-order chi connectivity index (χ0) is 14.3. The summed E-state index contributed by atoms with van der Waals surface area (Å²) in [4.78, 5) is 8.37. The van der Waals surface area contributed by atoms with Crippen molar-refractivity contribution in [1.82, 2.24) is 9.97 Å². The molecule has 102 valence electrons. The van der Waals surface area contributed by atoms with Gasteiger partial charge in [-0.15, -0.1) is 0 Å². The first-order chi connectivity index (χ1) is 9.67. The minimum atomic E-state index is -0.644. The van der Waals surface area contributed by atoms with Gasteiger partial charge < -0.3 is 0 Å². The number of alkyl halides is 2. The molecule has 0 spiro atoms. The Balaban J connectivity index is 0.000000160. The van der Waals surface area contributed by atoms with E-state index in [1.807, 2.05) is 54.6 Å². The monoisotopic (exact) mass is 304 g/mol. The second-order valence-electron chi connectivity index (χ2n) is 4.18. The van der Waals surface area contributed by atoms with E-state index in [1.165, 1.54) is 0 Å². The Morgan fingerprint density at radius 2 is 1.45 bits per heavy atom. The molecule has 20 heavy (non-hydrogen) atoms. The number of allylic oxidation sites excluding steroid dienone is 4. The Morgan fingerprint density at radius 3 is 1.75 bits per heavy atom. The lowest BCUT2D eigenvalue weighted by Gasteiger charge is -2.13. The minimum absolute atomic E-state index is 0.644. The van der Waals surface area contributed by atoms with Gasteiger partial charge in [-0.3, -0.25) is 9.97 Å². The van der Waals surface area contributed by atoms with Gasteiger partial charge in [-0.05, 0) is 30.3 Å². The maximum Gasteiger partial charge on any atom is 0.140 e. The SMILES string of the molecule is ClC1(Cl)C=CC=CC1.c1ccc(-c2ccccn2)nc1. The van der Waals surface area contributed by atoms with Crippen LogP contribution in [0.5, 0.6) is 0 Å². The Hall–Kier alpha value is -1.64. The molecule has 0 saturated carbocycles. The normalized spacial score (nSPS) is 15.3. The molecule has 1 aliphatic carbocycles. The number of nitrogens with zero attached hydrogens (tertiary/aromatic N) is 2. The van der Waals surface area contributed by atoms with Gasteiger partial charge in [0.1, 0.15) is 4.33 Å². The van der Waals surface area contributed by atoms with Crippen molar-refractivity contribution in [1.29, 1.82) is 0 Å². The molecule has 0 unspecified atom stereocenters. The number of halogens is 2. The summed E-state index contributed by atoms with van der Waals surface area (Å²) in [5.74, 6) is 0. The van der Waals surface area contributed by atoms with Crippen molar-refractivity contribution in [2.24, 2.45) is 0 Å². The van der Waals surface area contributed by atoms with Crippen LogP contribution in [0, 0.1) is 0 Å². The van der Waals surface area contributed by atoms with Gasteiger partial charge in [0.05, 0.1) is 11.4 Å². The van der Waals surface area contributed by atoms with Crippen molar-refractivity contribution in [2.75, 3.05) is 0 Å². The molecule has 0 aromatic carbocycles. The lowest BCUT2D eigenvalue weighted by molar-refractivity contribution is 0.961. The molecule has 1 aliphatic rings. The highest BCUT2D eigenvalue weighted by atomic mass is 35.5. The zero-order valence-corrected chi connectivity index (χ0v) is 12.3. The van der Waals surface area contributed by atoms with Crippen LogP contribution in [0.15, 0.2) is 73.1 Å². The average molecular weight is 305 g/mol. The average Bonchev–Trinajstić information content (AvgIpc) is 2.49. The van der Waals surface area contributed by atoms with E-state index in [-0.39, 0.29) is 0 Å². The Morgan fingerprint density at radius 1 is 0.850 bits per heavy atom. The topological polar surface area (TPSA) is 25.8 Å². The molecule has 2 nitrogen and oxygen atoms in total. The van der Waals surface area contributed by atoms with Gasteiger partial charge in [0, 0.05) is 18.8 Å². The fourth-order valence-corrected chi connectivity index (χ4v) is 1.92. The minimum Gasteiger partial charge on any atom is -0.255 e. The van der Waals surface area contributed by atoms with Gasteiger partial charge in [0.15, 0.2) is 0 Å². The summed E-state index contributed by atoms with van der Waals surface area (Å²) in [5.41, 5.74) is 1.83. The van der Waals surface area contributed by atoms with Crippen LogP contribution in [0.3, 0.4) is 0 Å². The zero-order valence-electron chi connectivity index (χ0n) is 10.8. The van der Waals surface area contributed by atoms with Gasteiger partial charge in [-0.1, -0.05) is 53.6 Å². The highest BCUT2D eigenvalue weighted by Crippen LogP contribution is 2.29. The maximum atomic E-state index is 5.70. The van der Waals surface area contributed by atoms with Crippen molar-refractivity contribution < 1.29 is 0 Å². The molecule has 2 aromatic heterocycles. The number of rotatable bonds is 1. The van der Waals surface area contributed by atoms with Crippen LogP contribution < -0.4 is 0 Å². The summed E-state index contributed by atoms with van der Waals surface area (Å²) < 4.78 is -0.644. The molecule has 0 atom stereocenters. The van der Waals surface area contributed by atoms with E-state index in [9.17, 15) is 0 Å². The van der Waals surface area contributed by atoms with E-state index in [4.69, 9.17) is 23.2 Å². The van der Waals surface area contributed by atoms with E-state index in [2.05, 4.69) is 9.97 Å². The molecule has 0 amide bonds. The molecule has 0 radical (unpaired) electrons. The summed E-state index contributed by atoms with van der Waals surface area (Å²) in [7, 11) is 0. The fraction of sp³-hybridized carbons (Fsp3) is 0.125. The highest BCUT2D eigenvalue weighted by Gasteiger charge is 2.18. The van der Waals surface area contributed by atoms with Crippen LogP contribution in [0.4, 0.5) is 0 Å². The first-order valence-electron chi connectivity index (χ1n) is 6.22. The summed E-state index contributed by atoms with van der Waals surface area (Å²) in [6, 6.07) is 11.6. The van der Waals surface area contributed by atoms with Crippen molar-refractivity contribution in [3.63, 3.8) is 0 Å². The van der Waals surface area contributed by atoms with Crippen LogP contribution in [0.2, 0.25) is 0 Å². The van der Waals surface area contributed by atoms with Gasteiger partial charge in [-0.25, -0.2) is 0 Å². The molecule has 0 aliphatic heterocycles. The largest absolute Gasteiger partial charge is 0.255 e. The standard InChI is InChI=1S/C10H8N2.C6H6Cl2/c1-3-7-11-9(5-1)10-6-2-4-8-12-10;7-6(8)4-2-1-3-5-6/h1-8H;1-4H,5H2. The van der Waals surface area contributed by atoms with Crippen molar-refractivity contribution >= 4 is 23.2 Å².